The van der Waals surface area contributed by atoms with Crippen LogP contribution in [-0.2, 0) is 9.59 Å². The van der Waals surface area contributed by atoms with Crippen molar-refractivity contribution < 1.29 is 19.4 Å². The number of rotatable bonds is 2. The number of ketones is 1. The van der Waals surface area contributed by atoms with E-state index in [0.29, 0.717) is 0 Å². The molecule has 0 saturated carbocycles. The van der Waals surface area contributed by atoms with Crippen LogP contribution in [-0.4, -0.2) is 16.9 Å². The number of hydrogen-bond acceptors (Lipinski definition) is 4. The molecule has 4 nitrogen and oxygen atoms in total. The number of benzene rings is 1. The van der Waals surface area contributed by atoms with Crippen LogP contribution >= 0.6 is 0 Å². The maximum atomic E-state index is 10.8. The summed E-state index contributed by atoms with van der Waals surface area (Å²) in [5, 5.41) is 8.99. The topological polar surface area (TPSA) is 63.6 Å². The van der Waals surface area contributed by atoms with Gasteiger partial charge in [0.2, 0.25) is 5.78 Å². The monoisotopic (exact) mass is 180 g/mol. The van der Waals surface area contributed by atoms with Crippen LogP contribution in [0.25, 0.3) is 0 Å². The molecule has 0 fully saturated rings. The zero-order valence-corrected chi connectivity index (χ0v) is 6.98. The maximum absolute atomic E-state index is 10.8. The smallest absolute Gasteiger partial charge is 0.379 e. The highest BCUT2D eigenvalue weighted by molar-refractivity contribution is 6.33. The Morgan fingerprint density at radius 2 is 2.08 bits per heavy atom. The highest BCUT2D eigenvalue weighted by Crippen LogP contribution is 2.17. The zero-order valence-electron chi connectivity index (χ0n) is 6.98. The Labute approximate surface area is 74.8 Å². The van der Waals surface area contributed by atoms with Crippen molar-refractivity contribution in [1.29, 1.82) is 0 Å². The second-order valence-corrected chi connectivity index (χ2v) is 2.44. The van der Waals surface area contributed by atoms with E-state index in [1.54, 1.807) is 0 Å². The van der Waals surface area contributed by atoms with Crippen molar-refractivity contribution in [2.45, 2.75) is 6.92 Å². The third-order valence-corrected chi connectivity index (χ3v) is 1.32. The summed E-state index contributed by atoms with van der Waals surface area (Å²) in [5.41, 5.74) is 0. The van der Waals surface area contributed by atoms with Gasteiger partial charge < -0.3 is 9.84 Å². The van der Waals surface area contributed by atoms with Gasteiger partial charge in [-0.2, -0.15) is 0 Å². The quantitative estimate of drug-likeness (QED) is 0.417. The molecule has 0 aliphatic carbocycles. The summed E-state index contributed by atoms with van der Waals surface area (Å²) in [7, 11) is 0. The summed E-state index contributed by atoms with van der Waals surface area (Å²) in [6, 6.07) is 5.67. The molecule has 1 aromatic rings. The van der Waals surface area contributed by atoms with Crippen molar-refractivity contribution in [3.05, 3.63) is 24.3 Å². The lowest BCUT2D eigenvalue weighted by Crippen LogP contribution is -2.16. The molecule has 0 aliphatic rings. The molecular formula is C9H8O4. The van der Waals surface area contributed by atoms with Crippen molar-refractivity contribution >= 4 is 11.8 Å². The summed E-state index contributed by atoms with van der Waals surface area (Å²) in [6.45, 7) is 1.12. The summed E-state index contributed by atoms with van der Waals surface area (Å²) < 4.78 is 4.61. The van der Waals surface area contributed by atoms with E-state index >= 15 is 0 Å². The number of phenolic OH excluding ortho intramolecular Hbond substituents is 1. The number of esters is 1. The number of carbonyl (C=O) groups is 2. The SMILES string of the molecule is CC(=O)C(=O)Oc1cccc(O)c1. The summed E-state index contributed by atoms with van der Waals surface area (Å²) >= 11 is 0. The van der Waals surface area contributed by atoms with Crippen molar-refractivity contribution in [3.8, 4) is 11.5 Å². The number of carbonyl (C=O) groups excluding carboxylic acids is 2. The Morgan fingerprint density at radius 1 is 1.38 bits per heavy atom. The van der Waals surface area contributed by atoms with Crippen LogP contribution in [0.3, 0.4) is 0 Å². The van der Waals surface area contributed by atoms with E-state index in [1.165, 1.54) is 24.3 Å². The van der Waals surface area contributed by atoms with Crippen molar-refractivity contribution in [1.82, 2.24) is 0 Å². The third kappa shape index (κ3) is 2.59. The molecule has 0 amide bonds. The average Bonchev–Trinajstić information content (AvgIpc) is 2.04. The van der Waals surface area contributed by atoms with E-state index in [2.05, 4.69) is 4.74 Å². The van der Waals surface area contributed by atoms with Gasteiger partial charge in [-0.3, -0.25) is 4.79 Å². The van der Waals surface area contributed by atoms with Crippen molar-refractivity contribution in [2.75, 3.05) is 0 Å². The van der Waals surface area contributed by atoms with Gasteiger partial charge in [-0.25, -0.2) is 4.79 Å². The highest BCUT2D eigenvalue weighted by atomic mass is 16.5. The molecule has 4 heteroatoms. The van der Waals surface area contributed by atoms with Gasteiger partial charge in [-0.15, -0.1) is 0 Å². The van der Waals surface area contributed by atoms with E-state index in [0.717, 1.165) is 6.92 Å². The molecule has 68 valence electrons. The van der Waals surface area contributed by atoms with Crippen molar-refractivity contribution in [2.24, 2.45) is 0 Å². The summed E-state index contributed by atoms with van der Waals surface area (Å²) in [6.07, 6.45) is 0. The minimum atomic E-state index is -0.939. The summed E-state index contributed by atoms with van der Waals surface area (Å²) in [4.78, 5) is 21.3. The zero-order chi connectivity index (χ0) is 9.84. The van der Waals surface area contributed by atoms with Crippen LogP contribution in [0.1, 0.15) is 6.92 Å². The van der Waals surface area contributed by atoms with Gasteiger partial charge in [0.25, 0.3) is 0 Å². The minimum absolute atomic E-state index is 0.0196. The Bertz CT molecular complexity index is 343. The first-order valence-corrected chi connectivity index (χ1v) is 3.61. The molecule has 13 heavy (non-hydrogen) atoms. The number of aromatic hydroxyl groups is 1. The van der Waals surface area contributed by atoms with Gasteiger partial charge in [0.1, 0.15) is 11.5 Å². The second kappa shape index (κ2) is 3.71. The van der Waals surface area contributed by atoms with Crippen LogP contribution < -0.4 is 4.74 Å². The Morgan fingerprint density at radius 3 is 2.62 bits per heavy atom. The van der Waals surface area contributed by atoms with Crippen LogP contribution in [0.15, 0.2) is 24.3 Å². The number of ether oxygens (including phenoxy) is 1. The average molecular weight is 180 g/mol. The van der Waals surface area contributed by atoms with Gasteiger partial charge in [-0.05, 0) is 12.1 Å². The first-order valence-electron chi connectivity index (χ1n) is 3.61. The van der Waals surface area contributed by atoms with Gasteiger partial charge in [0, 0.05) is 13.0 Å². The lowest BCUT2D eigenvalue weighted by Gasteiger charge is -2.00. The molecule has 0 aliphatic heterocycles. The Hall–Kier alpha value is -1.84. The largest absolute Gasteiger partial charge is 0.508 e. The van der Waals surface area contributed by atoms with Crippen LogP contribution in [0, 0.1) is 0 Å². The van der Waals surface area contributed by atoms with Gasteiger partial charge in [0.15, 0.2) is 0 Å². The fraction of sp³-hybridized carbons (Fsp3) is 0.111. The first-order chi connectivity index (χ1) is 6.09. The van der Waals surface area contributed by atoms with Crippen LogP contribution in [0.2, 0.25) is 0 Å². The second-order valence-electron chi connectivity index (χ2n) is 2.44. The predicted molar refractivity (Wildman–Crippen MR) is 44.4 cm³/mol. The standard InChI is InChI=1S/C9H8O4/c1-6(10)9(12)13-8-4-2-3-7(11)5-8/h2-5,11H,1H3. The van der Waals surface area contributed by atoms with Gasteiger partial charge in [-0.1, -0.05) is 6.07 Å². The van der Waals surface area contributed by atoms with Gasteiger partial charge in [0.05, 0.1) is 0 Å². The van der Waals surface area contributed by atoms with E-state index in [9.17, 15) is 9.59 Å². The molecule has 0 bridgehead atoms. The Balaban J connectivity index is 2.75. The molecule has 1 rings (SSSR count). The molecule has 0 atom stereocenters. The van der Waals surface area contributed by atoms with E-state index in [1.807, 2.05) is 0 Å². The fourth-order valence-electron chi connectivity index (χ4n) is 0.726. The molecule has 0 saturated heterocycles. The fourth-order valence-corrected chi connectivity index (χ4v) is 0.726. The van der Waals surface area contributed by atoms with Crippen LogP contribution in [0.5, 0.6) is 11.5 Å². The van der Waals surface area contributed by atoms with Crippen LogP contribution in [0.4, 0.5) is 0 Å². The van der Waals surface area contributed by atoms with E-state index < -0.39 is 11.8 Å². The molecule has 0 spiro atoms. The maximum Gasteiger partial charge on any atom is 0.379 e. The van der Waals surface area contributed by atoms with Gasteiger partial charge >= 0.3 is 5.97 Å². The van der Waals surface area contributed by atoms with Crippen molar-refractivity contribution in [3.63, 3.8) is 0 Å². The number of phenols is 1. The lowest BCUT2D eigenvalue weighted by molar-refractivity contribution is -0.146. The minimum Gasteiger partial charge on any atom is -0.508 e. The predicted octanol–water partition coefficient (Wildman–Crippen LogP) is 0.887. The summed E-state index contributed by atoms with van der Waals surface area (Å²) in [5.74, 6) is -1.48. The molecule has 0 radical (unpaired) electrons. The third-order valence-electron chi connectivity index (χ3n) is 1.32. The van der Waals surface area contributed by atoms with E-state index in [-0.39, 0.29) is 11.5 Å². The highest BCUT2D eigenvalue weighted by Gasteiger charge is 2.09. The number of Topliss-reactive ketones (excluding diaryl/α,β-unsaturated/α-hetero) is 1. The molecule has 0 unspecified atom stereocenters. The molecule has 0 heterocycles. The first kappa shape index (κ1) is 9.25. The molecule has 0 aromatic heterocycles. The normalized spacial score (nSPS) is 9.31. The Kier molecular flexibility index (Phi) is 2.64. The number of hydrogen-bond donors (Lipinski definition) is 1. The molecule has 1 aromatic carbocycles. The molecular weight excluding hydrogens is 172 g/mol. The molecule has 1 N–H and O–H groups in total. The lowest BCUT2D eigenvalue weighted by atomic mass is 10.3. The van der Waals surface area contributed by atoms with E-state index in [4.69, 9.17) is 5.11 Å².